The van der Waals surface area contributed by atoms with Crippen LogP contribution >= 0.6 is 0 Å². The molecule has 0 bridgehead atoms. The molecule has 0 fully saturated rings. The van der Waals surface area contributed by atoms with Crippen molar-refractivity contribution in [3.8, 4) is 16.9 Å². The molecule has 2 atom stereocenters. The van der Waals surface area contributed by atoms with E-state index in [4.69, 9.17) is 10.5 Å². The number of nitrogens with two attached hydrogens (primary N) is 1. The summed E-state index contributed by atoms with van der Waals surface area (Å²) < 4.78 is 5.76. The maximum Gasteiger partial charge on any atom is 0.119 e. The largest absolute Gasteiger partial charge is 0.492 e. The maximum atomic E-state index is 6.07. The number of benzene rings is 2. The van der Waals surface area contributed by atoms with Gasteiger partial charge in [0.2, 0.25) is 0 Å². The number of rotatable bonds is 6. The first-order valence-corrected chi connectivity index (χ1v) is 7.24. The first-order valence-electron chi connectivity index (χ1n) is 7.24. The maximum absolute atomic E-state index is 6.07. The highest BCUT2D eigenvalue weighted by atomic mass is 16.5. The summed E-state index contributed by atoms with van der Waals surface area (Å²) in [6.45, 7) is 4.88. The van der Waals surface area contributed by atoms with Gasteiger partial charge in [-0.15, -0.1) is 0 Å². The summed E-state index contributed by atoms with van der Waals surface area (Å²) in [6, 6.07) is 18.6. The minimum atomic E-state index is 0.0915. The molecule has 0 saturated heterocycles. The highest BCUT2D eigenvalue weighted by molar-refractivity contribution is 5.63. The fourth-order valence-corrected chi connectivity index (χ4v) is 2.03. The molecule has 0 saturated carbocycles. The van der Waals surface area contributed by atoms with Gasteiger partial charge in [0.05, 0.1) is 0 Å². The molecule has 0 radical (unpaired) electrons. The monoisotopic (exact) mass is 269 g/mol. The summed E-state index contributed by atoms with van der Waals surface area (Å²) in [5.41, 5.74) is 8.49. The molecule has 2 nitrogen and oxygen atoms in total. The first kappa shape index (κ1) is 14.6. The van der Waals surface area contributed by atoms with Gasteiger partial charge in [-0.25, -0.2) is 0 Å². The summed E-state index contributed by atoms with van der Waals surface area (Å²) in [5.74, 6) is 1.36. The highest BCUT2D eigenvalue weighted by Gasteiger charge is 2.11. The molecule has 0 aromatic heterocycles. The van der Waals surface area contributed by atoms with Crippen LogP contribution in [0.15, 0.2) is 54.6 Å². The molecule has 0 aliphatic carbocycles. The van der Waals surface area contributed by atoms with Gasteiger partial charge in [-0.3, -0.25) is 0 Å². The first-order chi connectivity index (χ1) is 9.70. The van der Waals surface area contributed by atoms with Crippen LogP contribution in [0.4, 0.5) is 0 Å². The fraction of sp³-hybridized carbons (Fsp3) is 0.333. The predicted molar refractivity (Wildman–Crippen MR) is 84.8 cm³/mol. The average molecular weight is 269 g/mol. The van der Waals surface area contributed by atoms with E-state index < -0.39 is 0 Å². The smallest absolute Gasteiger partial charge is 0.119 e. The Morgan fingerprint density at radius 1 is 0.950 bits per heavy atom. The van der Waals surface area contributed by atoms with E-state index in [9.17, 15) is 0 Å². The predicted octanol–water partition coefficient (Wildman–Crippen LogP) is 4.11. The van der Waals surface area contributed by atoms with Gasteiger partial charge < -0.3 is 10.5 Å². The standard InChI is InChI=1S/C18H23NO/c1-3-14(2)18(19)13-20-17-11-9-16(10-12-17)15-7-5-4-6-8-15/h4-12,14,18H,3,13,19H2,1-2H3. The van der Waals surface area contributed by atoms with Crippen LogP contribution in [0.3, 0.4) is 0 Å². The summed E-state index contributed by atoms with van der Waals surface area (Å²) >= 11 is 0. The summed E-state index contributed by atoms with van der Waals surface area (Å²) in [5, 5.41) is 0. The van der Waals surface area contributed by atoms with Crippen LogP contribution in [0.1, 0.15) is 20.3 Å². The molecule has 0 aliphatic rings. The lowest BCUT2D eigenvalue weighted by molar-refractivity contribution is 0.250. The van der Waals surface area contributed by atoms with Crippen molar-refractivity contribution in [2.45, 2.75) is 26.3 Å². The summed E-state index contributed by atoms with van der Waals surface area (Å²) in [7, 11) is 0. The van der Waals surface area contributed by atoms with Gasteiger partial charge in [0.15, 0.2) is 0 Å². The number of hydrogen-bond acceptors (Lipinski definition) is 2. The summed E-state index contributed by atoms with van der Waals surface area (Å²) in [6.07, 6.45) is 1.08. The van der Waals surface area contributed by atoms with Crippen LogP contribution in [-0.2, 0) is 0 Å². The quantitative estimate of drug-likeness (QED) is 0.856. The highest BCUT2D eigenvalue weighted by Crippen LogP contribution is 2.22. The van der Waals surface area contributed by atoms with Crippen LogP contribution in [-0.4, -0.2) is 12.6 Å². The Hall–Kier alpha value is -1.80. The zero-order chi connectivity index (χ0) is 14.4. The molecule has 2 rings (SSSR count). The van der Waals surface area contributed by atoms with Gasteiger partial charge in [-0.1, -0.05) is 62.7 Å². The number of ether oxygens (including phenoxy) is 1. The van der Waals surface area contributed by atoms with Crippen LogP contribution in [0, 0.1) is 5.92 Å². The van der Waals surface area contributed by atoms with Crippen molar-refractivity contribution in [3.63, 3.8) is 0 Å². The van der Waals surface area contributed by atoms with Crippen molar-refractivity contribution in [2.24, 2.45) is 11.7 Å². The van der Waals surface area contributed by atoms with Crippen LogP contribution < -0.4 is 10.5 Å². The molecule has 2 aromatic rings. The van der Waals surface area contributed by atoms with Crippen LogP contribution in [0.5, 0.6) is 5.75 Å². The van der Waals surface area contributed by atoms with E-state index in [0.717, 1.165) is 12.2 Å². The molecule has 2 heteroatoms. The summed E-state index contributed by atoms with van der Waals surface area (Å²) in [4.78, 5) is 0. The fourth-order valence-electron chi connectivity index (χ4n) is 2.03. The van der Waals surface area contributed by atoms with Crippen molar-refractivity contribution in [3.05, 3.63) is 54.6 Å². The lowest BCUT2D eigenvalue weighted by Crippen LogP contribution is -2.34. The van der Waals surface area contributed by atoms with E-state index in [1.165, 1.54) is 11.1 Å². The normalized spacial score (nSPS) is 13.8. The molecule has 2 aromatic carbocycles. The van der Waals surface area contributed by atoms with Crippen molar-refractivity contribution in [2.75, 3.05) is 6.61 Å². The molecule has 0 heterocycles. The van der Waals surface area contributed by atoms with E-state index in [0.29, 0.717) is 12.5 Å². The Kier molecular flexibility index (Phi) is 5.19. The number of hydrogen-bond donors (Lipinski definition) is 1. The second-order valence-electron chi connectivity index (χ2n) is 5.25. The second-order valence-corrected chi connectivity index (χ2v) is 5.25. The Morgan fingerprint density at radius 3 is 2.15 bits per heavy atom. The van der Waals surface area contributed by atoms with Crippen LogP contribution in [0.2, 0.25) is 0 Å². The minimum absolute atomic E-state index is 0.0915. The van der Waals surface area contributed by atoms with Crippen molar-refractivity contribution >= 4 is 0 Å². The van der Waals surface area contributed by atoms with E-state index >= 15 is 0 Å². The Balaban J connectivity index is 1.95. The molecular formula is C18H23NO. The molecule has 0 aliphatic heterocycles. The Labute approximate surface area is 121 Å². The van der Waals surface area contributed by atoms with E-state index in [1.54, 1.807) is 0 Å². The second kappa shape index (κ2) is 7.11. The topological polar surface area (TPSA) is 35.2 Å². The van der Waals surface area contributed by atoms with Crippen molar-refractivity contribution in [1.82, 2.24) is 0 Å². The molecule has 106 valence electrons. The van der Waals surface area contributed by atoms with E-state index in [-0.39, 0.29) is 6.04 Å². The molecule has 0 amide bonds. The molecule has 2 N–H and O–H groups in total. The molecule has 0 spiro atoms. The van der Waals surface area contributed by atoms with Gasteiger partial charge in [0.1, 0.15) is 12.4 Å². The molecule has 2 unspecified atom stereocenters. The minimum Gasteiger partial charge on any atom is -0.492 e. The zero-order valence-corrected chi connectivity index (χ0v) is 12.3. The Bertz CT molecular complexity index is 507. The van der Waals surface area contributed by atoms with Gasteiger partial charge in [-0.05, 0) is 29.2 Å². The Morgan fingerprint density at radius 2 is 1.55 bits per heavy atom. The molecular weight excluding hydrogens is 246 g/mol. The third-order valence-corrected chi connectivity index (χ3v) is 3.78. The van der Waals surface area contributed by atoms with E-state index in [2.05, 4.69) is 38.1 Å². The average Bonchev–Trinajstić information content (AvgIpc) is 2.53. The van der Waals surface area contributed by atoms with Gasteiger partial charge in [0, 0.05) is 6.04 Å². The zero-order valence-electron chi connectivity index (χ0n) is 12.3. The van der Waals surface area contributed by atoms with Gasteiger partial charge in [-0.2, -0.15) is 0 Å². The lowest BCUT2D eigenvalue weighted by Gasteiger charge is -2.18. The van der Waals surface area contributed by atoms with Crippen LogP contribution in [0.25, 0.3) is 11.1 Å². The van der Waals surface area contributed by atoms with E-state index in [1.807, 2.05) is 30.3 Å². The van der Waals surface area contributed by atoms with Crippen molar-refractivity contribution < 1.29 is 4.74 Å². The SMILES string of the molecule is CCC(C)C(N)COc1ccc(-c2ccccc2)cc1. The van der Waals surface area contributed by atoms with Gasteiger partial charge >= 0.3 is 0 Å². The third-order valence-electron chi connectivity index (χ3n) is 3.78. The third kappa shape index (κ3) is 3.84. The van der Waals surface area contributed by atoms with Crippen molar-refractivity contribution in [1.29, 1.82) is 0 Å². The lowest BCUT2D eigenvalue weighted by atomic mass is 10.0. The van der Waals surface area contributed by atoms with Gasteiger partial charge in [0.25, 0.3) is 0 Å². The molecule has 20 heavy (non-hydrogen) atoms.